The maximum absolute atomic E-state index is 12.9. The lowest BCUT2D eigenvalue weighted by Gasteiger charge is -2.29. The summed E-state index contributed by atoms with van der Waals surface area (Å²) >= 11 is 0. The number of carbonyl (C=O) groups is 1. The number of rotatable bonds is 7. The minimum absolute atomic E-state index is 0.206. The Morgan fingerprint density at radius 3 is 2.59 bits per heavy atom. The standard InChI is InChI=1S/C21H25NO5/c1-21(2,15-8-9-18-19(14-15)27-13-12-26-18)22-20(23)16-6-4-5-7-17(16)25-11-10-24-3/h4-9,14H,10-13H2,1-3H3,(H,22,23). The fraction of sp³-hybridized carbons (Fsp3) is 0.381. The zero-order chi connectivity index (χ0) is 19.3. The Labute approximate surface area is 159 Å². The molecule has 0 saturated heterocycles. The average molecular weight is 371 g/mol. The van der Waals surface area contributed by atoms with Gasteiger partial charge in [-0.15, -0.1) is 0 Å². The van der Waals surface area contributed by atoms with Crippen molar-refractivity contribution in [2.45, 2.75) is 19.4 Å². The van der Waals surface area contributed by atoms with Crippen molar-refractivity contribution >= 4 is 5.91 Å². The quantitative estimate of drug-likeness (QED) is 0.758. The van der Waals surface area contributed by atoms with E-state index < -0.39 is 5.54 Å². The average Bonchev–Trinajstić information content (AvgIpc) is 2.68. The number of benzene rings is 2. The summed E-state index contributed by atoms with van der Waals surface area (Å²) < 4.78 is 21.9. The molecule has 144 valence electrons. The number of methoxy groups -OCH3 is 1. The highest BCUT2D eigenvalue weighted by molar-refractivity contribution is 5.97. The summed E-state index contributed by atoms with van der Waals surface area (Å²) in [4.78, 5) is 12.9. The van der Waals surface area contributed by atoms with Crippen molar-refractivity contribution in [2.75, 3.05) is 33.5 Å². The molecule has 27 heavy (non-hydrogen) atoms. The van der Waals surface area contributed by atoms with Crippen LogP contribution < -0.4 is 19.5 Å². The normalized spacial score (nSPS) is 13.1. The Balaban J connectivity index is 1.77. The first-order valence-electron chi connectivity index (χ1n) is 8.94. The van der Waals surface area contributed by atoms with Crippen molar-refractivity contribution in [3.8, 4) is 17.2 Å². The maximum atomic E-state index is 12.9. The summed E-state index contributed by atoms with van der Waals surface area (Å²) in [6, 6.07) is 12.9. The number of amides is 1. The Kier molecular flexibility index (Phi) is 5.86. The first-order valence-corrected chi connectivity index (χ1v) is 8.94. The van der Waals surface area contributed by atoms with E-state index in [1.54, 1.807) is 19.2 Å². The van der Waals surface area contributed by atoms with Gasteiger partial charge in [0.25, 0.3) is 5.91 Å². The van der Waals surface area contributed by atoms with Crippen LogP contribution in [0.2, 0.25) is 0 Å². The minimum atomic E-state index is -0.605. The molecule has 3 rings (SSSR count). The topological polar surface area (TPSA) is 66.0 Å². The molecule has 0 unspecified atom stereocenters. The van der Waals surface area contributed by atoms with E-state index in [1.165, 1.54) is 0 Å². The molecule has 0 aliphatic carbocycles. The Morgan fingerprint density at radius 1 is 1.07 bits per heavy atom. The number of nitrogens with one attached hydrogen (secondary N) is 1. The van der Waals surface area contributed by atoms with Gasteiger partial charge >= 0.3 is 0 Å². The second-order valence-corrected chi connectivity index (χ2v) is 6.77. The monoisotopic (exact) mass is 371 g/mol. The largest absolute Gasteiger partial charge is 0.490 e. The molecule has 0 saturated carbocycles. The molecule has 1 aliphatic rings. The summed E-state index contributed by atoms with van der Waals surface area (Å²) in [6.07, 6.45) is 0. The molecule has 0 spiro atoms. The molecule has 0 aromatic heterocycles. The molecule has 2 aromatic rings. The lowest BCUT2D eigenvalue weighted by atomic mass is 9.93. The van der Waals surface area contributed by atoms with Gasteiger partial charge in [-0.05, 0) is 43.7 Å². The van der Waals surface area contributed by atoms with Crippen LogP contribution in [-0.2, 0) is 10.3 Å². The van der Waals surface area contributed by atoms with Crippen LogP contribution in [0.3, 0.4) is 0 Å². The van der Waals surface area contributed by atoms with Crippen LogP contribution in [0.15, 0.2) is 42.5 Å². The molecule has 6 heteroatoms. The van der Waals surface area contributed by atoms with Crippen LogP contribution in [0.4, 0.5) is 0 Å². The minimum Gasteiger partial charge on any atom is -0.490 e. The van der Waals surface area contributed by atoms with Gasteiger partial charge in [0.05, 0.1) is 17.7 Å². The van der Waals surface area contributed by atoms with Gasteiger partial charge in [-0.1, -0.05) is 18.2 Å². The summed E-state index contributed by atoms with van der Waals surface area (Å²) in [5.74, 6) is 1.75. The highest BCUT2D eigenvalue weighted by Crippen LogP contribution is 2.34. The Hall–Kier alpha value is -2.73. The van der Waals surface area contributed by atoms with E-state index in [-0.39, 0.29) is 5.91 Å². The van der Waals surface area contributed by atoms with Gasteiger partial charge in [-0.3, -0.25) is 4.79 Å². The molecule has 0 radical (unpaired) electrons. The lowest BCUT2D eigenvalue weighted by molar-refractivity contribution is 0.0904. The van der Waals surface area contributed by atoms with Crippen LogP contribution in [0.1, 0.15) is 29.8 Å². The zero-order valence-corrected chi connectivity index (χ0v) is 15.9. The third-order valence-corrected chi connectivity index (χ3v) is 4.37. The number of para-hydroxylation sites is 1. The summed E-state index contributed by atoms with van der Waals surface area (Å²) in [5.41, 5.74) is 0.809. The van der Waals surface area contributed by atoms with E-state index in [1.807, 2.05) is 44.2 Å². The number of ether oxygens (including phenoxy) is 4. The highest BCUT2D eigenvalue weighted by Gasteiger charge is 2.26. The van der Waals surface area contributed by atoms with E-state index >= 15 is 0 Å². The van der Waals surface area contributed by atoms with Crippen LogP contribution in [0.5, 0.6) is 17.2 Å². The van der Waals surface area contributed by atoms with Gasteiger partial charge in [0, 0.05) is 7.11 Å². The smallest absolute Gasteiger partial charge is 0.255 e. The second kappa shape index (κ2) is 8.31. The molecule has 1 heterocycles. The van der Waals surface area contributed by atoms with Crippen LogP contribution >= 0.6 is 0 Å². The summed E-state index contributed by atoms with van der Waals surface area (Å²) in [7, 11) is 1.61. The SMILES string of the molecule is COCCOc1ccccc1C(=O)NC(C)(C)c1ccc2c(c1)OCCO2. The molecular formula is C21H25NO5. The predicted octanol–water partition coefficient (Wildman–Crippen LogP) is 3.15. The van der Waals surface area contributed by atoms with Crippen molar-refractivity contribution in [1.29, 1.82) is 0 Å². The van der Waals surface area contributed by atoms with Crippen molar-refractivity contribution in [1.82, 2.24) is 5.32 Å². The molecular weight excluding hydrogens is 346 g/mol. The molecule has 1 N–H and O–H groups in total. The van der Waals surface area contributed by atoms with Crippen LogP contribution in [0.25, 0.3) is 0 Å². The van der Waals surface area contributed by atoms with Gasteiger partial charge in [-0.25, -0.2) is 0 Å². The fourth-order valence-electron chi connectivity index (χ4n) is 2.87. The van der Waals surface area contributed by atoms with E-state index in [4.69, 9.17) is 18.9 Å². The molecule has 2 aromatic carbocycles. The summed E-state index contributed by atoms with van der Waals surface area (Å²) in [6.45, 7) is 5.81. The van der Waals surface area contributed by atoms with Crippen molar-refractivity contribution < 1.29 is 23.7 Å². The molecule has 0 fully saturated rings. The van der Waals surface area contributed by atoms with Gasteiger partial charge in [0.1, 0.15) is 25.6 Å². The van der Waals surface area contributed by atoms with E-state index in [0.717, 1.165) is 11.3 Å². The van der Waals surface area contributed by atoms with Gasteiger partial charge in [0.2, 0.25) is 0 Å². The van der Waals surface area contributed by atoms with Crippen LogP contribution in [0, 0.1) is 0 Å². The Bertz CT molecular complexity index is 803. The first-order chi connectivity index (χ1) is 13.0. The molecule has 0 atom stereocenters. The predicted molar refractivity (Wildman–Crippen MR) is 102 cm³/mol. The highest BCUT2D eigenvalue weighted by atomic mass is 16.6. The number of hydrogen-bond acceptors (Lipinski definition) is 5. The van der Waals surface area contributed by atoms with Crippen molar-refractivity contribution in [3.05, 3.63) is 53.6 Å². The van der Waals surface area contributed by atoms with Gasteiger partial charge in [0.15, 0.2) is 11.5 Å². The first kappa shape index (κ1) is 19.0. The second-order valence-electron chi connectivity index (χ2n) is 6.77. The molecule has 1 amide bonds. The number of fused-ring (bicyclic) bond motifs is 1. The van der Waals surface area contributed by atoms with Crippen molar-refractivity contribution in [2.24, 2.45) is 0 Å². The van der Waals surface area contributed by atoms with E-state index in [0.29, 0.717) is 43.5 Å². The maximum Gasteiger partial charge on any atom is 0.255 e. The number of carbonyl (C=O) groups excluding carboxylic acids is 1. The fourth-order valence-corrected chi connectivity index (χ4v) is 2.87. The summed E-state index contributed by atoms with van der Waals surface area (Å²) in [5, 5.41) is 3.08. The van der Waals surface area contributed by atoms with Crippen LogP contribution in [-0.4, -0.2) is 39.4 Å². The Morgan fingerprint density at radius 2 is 1.81 bits per heavy atom. The zero-order valence-electron chi connectivity index (χ0n) is 15.9. The van der Waals surface area contributed by atoms with Gasteiger partial charge in [-0.2, -0.15) is 0 Å². The number of hydrogen-bond donors (Lipinski definition) is 1. The van der Waals surface area contributed by atoms with E-state index in [9.17, 15) is 4.79 Å². The molecule has 1 aliphatic heterocycles. The van der Waals surface area contributed by atoms with Crippen molar-refractivity contribution in [3.63, 3.8) is 0 Å². The van der Waals surface area contributed by atoms with Gasteiger partial charge < -0.3 is 24.3 Å². The van der Waals surface area contributed by atoms with E-state index in [2.05, 4.69) is 5.32 Å². The lowest BCUT2D eigenvalue weighted by Crippen LogP contribution is -2.41. The molecule has 0 bridgehead atoms. The third kappa shape index (κ3) is 4.52. The molecule has 6 nitrogen and oxygen atoms in total. The third-order valence-electron chi connectivity index (χ3n) is 4.37.